The van der Waals surface area contributed by atoms with Crippen LogP contribution in [0.3, 0.4) is 0 Å². The fraction of sp³-hybridized carbons (Fsp3) is 0.238. The second-order valence-electron chi connectivity index (χ2n) is 6.66. The third-order valence-corrected chi connectivity index (χ3v) is 4.36. The molecule has 0 saturated carbocycles. The van der Waals surface area contributed by atoms with E-state index in [1.165, 1.54) is 0 Å². The van der Waals surface area contributed by atoms with Crippen LogP contribution < -0.4 is 15.6 Å². The number of hydrogen-bond acceptors (Lipinski definition) is 5. The van der Waals surface area contributed by atoms with Crippen LogP contribution in [-0.4, -0.2) is 28.4 Å². The van der Waals surface area contributed by atoms with Gasteiger partial charge in [-0.15, -0.1) is 0 Å². The Labute approximate surface area is 163 Å². The third-order valence-electron chi connectivity index (χ3n) is 4.36. The first-order chi connectivity index (χ1) is 13.3. The number of carbonyl (C=O) groups is 2. The van der Waals surface area contributed by atoms with Gasteiger partial charge in [-0.25, -0.2) is 9.97 Å². The van der Waals surface area contributed by atoms with Gasteiger partial charge in [0.05, 0.1) is 22.4 Å². The van der Waals surface area contributed by atoms with Gasteiger partial charge in [-0.05, 0) is 63.1 Å². The number of hydrazine groups is 1. The van der Waals surface area contributed by atoms with Crippen LogP contribution in [0, 0.1) is 27.7 Å². The van der Waals surface area contributed by atoms with Crippen molar-refractivity contribution in [2.45, 2.75) is 27.7 Å². The Balaban J connectivity index is 1.59. The quantitative estimate of drug-likeness (QED) is 0.681. The Morgan fingerprint density at radius 1 is 0.893 bits per heavy atom. The van der Waals surface area contributed by atoms with Crippen molar-refractivity contribution < 1.29 is 14.3 Å². The maximum Gasteiger partial charge on any atom is 0.276 e. The summed E-state index contributed by atoms with van der Waals surface area (Å²) in [6, 6.07) is 10.8. The molecule has 144 valence electrons. The number of benzene rings is 2. The van der Waals surface area contributed by atoms with Gasteiger partial charge in [0.2, 0.25) is 0 Å². The highest BCUT2D eigenvalue weighted by molar-refractivity contribution is 5.98. The molecule has 7 nitrogen and oxygen atoms in total. The van der Waals surface area contributed by atoms with Crippen LogP contribution in [0.15, 0.2) is 36.4 Å². The number of hydrogen-bond donors (Lipinski definition) is 2. The Morgan fingerprint density at radius 2 is 1.61 bits per heavy atom. The minimum Gasteiger partial charge on any atom is -0.483 e. The van der Waals surface area contributed by atoms with Crippen LogP contribution in [0.1, 0.15) is 32.9 Å². The summed E-state index contributed by atoms with van der Waals surface area (Å²) in [6.45, 7) is 7.40. The predicted molar refractivity (Wildman–Crippen MR) is 106 cm³/mol. The fourth-order valence-corrected chi connectivity index (χ4v) is 2.61. The number of aryl methyl sites for hydroxylation is 4. The molecule has 2 N–H and O–H groups in total. The zero-order valence-electron chi connectivity index (χ0n) is 16.3. The summed E-state index contributed by atoms with van der Waals surface area (Å²) in [5, 5.41) is 0. The Kier molecular flexibility index (Phi) is 5.54. The number of aromatic nitrogens is 2. The molecule has 0 fully saturated rings. The molecule has 0 aliphatic rings. The van der Waals surface area contributed by atoms with E-state index in [0.717, 1.165) is 22.5 Å². The van der Waals surface area contributed by atoms with E-state index in [4.69, 9.17) is 4.74 Å². The molecule has 2 aromatic carbocycles. The first-order valence-corrected chi connectivity index (χ1v) is 8.88. The number of nitrogens with zero attached hydrogens (tertiary/aromatic N) is 2. The van der Waals surface area contributed by atoms with E-state index in [1.807, 2.05) is 45.9 Å². The highest BCUT2D eigenvalue weighted by Crippen LogP contribution is 2.18. The van der Waals surface area contributed by atoms with Crippen molar-refractivity contribution in [3.05, 3.63) is 64.5 Å². The van der Waals surface area contributed by atoms with Crippen LogP contribution >= 0.6 is 0 Å². The normalized spacial score (nSPS) is 10.6. The molecule has 0 saturated heterocycles. The topological polar surface area (TPSA) is 93.2 Å². The van der Waals surface area contributed by atoms with Crippen molar-refractivity contribution in [2.24, 2.45) is 0 Å². The van der Waals surface area contributed by atoms with E-state index in [-0.39, 0.29) is 6.61 Å². The molecule has 1 heterocycles. The largest absolute Gasteiger partial charge is 0.483 e. The van der Waals surface area contributed by atoms with Crippen LogP contribution in [0.5, 0.6) is 5.75 Å². The zero-order chi connectivity index (χ0) is 20.3. The van der Waals surface area contributed by atoms with Gasteiger partial charge in [0, 0.05) is 5.56 Å². The minimum absolute atomic E-state index is 0.202. The molecule has 0 unspecified atom stereocenters. The average Bonchev–Trinajstić information content (AvgIpc) is 2.67. The van der Waals surface area contributed by atoms with Gasteiger partial charge in [0.15, 0.2) is 6.61 Å². The maximum absolute atomic E-state index is 12.3. The van der Waals surface area contributed by atoms with Crippen molar-refractivity contribution in [1.82, 2.24) is 20.8 Å². The summed E-state index contributed by atoms with van der Waals surface area (Å²) in [5.41, 5.74) is 10.1. The number of rotatable bonds is 4. The van der Waals surface area contributed by atoms with E-state index in [1.54, 1.807) is 18.2 Å². The summed E-state index contributed by atoms with van der Waals surface area (Å²) >= 11 is 0. The Hall–Kier alpha value is -3.48. The van der Waals surface area contributed by atoms with E-state index in [2.05, 4.69) is 20.8 Å². The highest BCUT2D eigenvalue weighted by Gasteiger charge is 2.11. The molecular weight excluding hydrogens is 356 g/mol. The second kappa shape index (κ2) is 8.04. The Bertz CT molecular complexity index is 1060. The molecule has 0 aliphatic carbocycles. The first kappa shape index (κ1) is 19.3. The molecule has 7 heteroatoms. The van der Waals surface area contributed by atoms with Crippen molar-refractivity contribution in [1.29, 1.82) is 0 Å². The summed E-state index contributed by atoms with van der Waals surface area (Å²) in [4.78, 5) is 33.2. The molecule has 0 bridgehead atoms. The molecule has 0 aliphatic heterocycles. The van der Waals surface area contributed by atoms with Gasteiger partial charge >= 0.3 is 0 Å². The lowest BCUT2D eigenvalue weighted by atomic mass is 10.1. The molecule has 3 rings (SSSR count). The SMILES string of the molecule is Cc1ccc(C)c(OCC(=O)NNC(=O)c2ccc3nc(C)c(C)nc3c2)c1. The maximum atomic E-state index is 12.3. The molecule has 0 radical (unpaired) electrons. The standard InChI is InChI=1S/C21H22N4O3/c1-12-5-6-13(2)19(9-12)28-11-20(26)24-25-21(27)16-7-8-17-18(10-16)23-15(4)14(3)22-17/h5-10H,11H2,1-4H3,(H,24,26)(H,25,27). The van der Waals surface area contributed by atoms with Gasteiger partial charge in [0.1, 0.15) is 5.75 Å². The lowest BCUT2D eigenvalue weighted by molar-refractivity contribution is -0.123. The second-order valence-corrected chi connectivity index (χ2v) is 6.66. The van der Waals surface area contributed by atoms with Gasteiger partial charge in [-0.3, -0.25) is 20.4 Å². The summed E-state index contributed by atoms with van der Waals surface area (Å²) in [5.74, 6) is -0.261. The van der Waals surface area contributed by atoms with Gasteiger partial charge in [-0.1, -0.05) is 12.1 Å². The molecular formula is C21H22N4O3. The molecule has 0 atom stereocenters. The minimum atomic E-state index is -0.457. The number of ether oxygens (including phenoxy) is 1. The predicted octanol–water partition coefficient (Wildman–Crippen LogP) is 2.70. The average molecular weight is 378 g/mol. The van der Waals surface area contributed by atoms with Crippen LogP contribution in [0.2, 0.25) is 0 Å². The molecule has 1 aromatic heterocycles. The molecule has 28 heavy (non-hydrogen) atoms. The molecule has 3 aromatic rings. The van der Waals surface area contributed by atoms with E-state index in [0.29, 0.717) is 22.3 Å². The summed E-state index contributed by atoms with van der Waals surface area (Å²) in [6.07, 6.45) is 0. The van der Waals surface area contributed by atoms with Crippen molar-refractivity contribution >= 4 is 22.8 Å². The number of fused-ring (bicyclic) bond motifs is 1. The molecule has 2 amide bonds. The smallest absolute Gasteiger partial charge is 0.276 e. The van der Waals surface area contributed by atoms with Crippen LogP contribution in [0.25, 0.3) is 11.0 Å². The lowest BCUT2D eigenvalue weighted by Crippen LogP contribution is -2.43. The summed E-state index contributed by atoms with van der Waals surface area (Å²) in [7, 11) is 0. The van der Waals surface area contributed by atoms with Crippen LogP contribution in [-0.2, 0) is 4.79 Å². The van der Waals surface area contributed by atoms with E-state index < -0.39 is 11.8 Å². The number of nitrogens with one attached hydrogen (secondary N) is 2. The van der Waals surface area contributed by atoms with Crippen molar-refractivity contribution in [2.75, 3.05) is 6.61 Å². The summed E-state index contributed by atoms with van der Waals surface area (Å²) < 4.78 is 5.52. The monoisotopic (exact) mass is 378 g/mol. The Morgan fingerprint density at radius 3 is 2.36 bits per heavy atom. The lowest BCUT2D eigenvalue weighted by Gasteiger charge is -2.11. The van der Waals surface area contributed by atoms with Gasteiger partial charge in [-0.2, -0.15) is 0 Å². The van der Waals surface area contributed by atoms with Gasteiger partial charge in [0.25, 0.3) is 11.8 Å². The van der Waals surface area contributed by atoms with Crippen molar-refractivity contribution in [3.8, 4) is 5.75 Å². The fourth-order valence-electron chi connectivity index (χ4n) is 2.61. The highest BCUT2D eigenvalue weighted by atomic mass is 16.5. The third kappa shape index (κ3) is 4.43. The van der Waals surface area contributed by atoms with Crippen LogP contribution in [0.4, 0.5) is 0 Å². The van der Waals surface area contributed by atoms with E-state index >= 15 is 0 Å². The number of amides is 2. The molecule has 0 spiro atoms. The van der Waals surface area contributed by atoms with Crippen molar-refractivity contribution in [3.63, 3.8) is 0 Å². The first-order valence-electron chi connectivity index (χ1n) is 8.88. The number of carbonyl (C=O) groups excluding carboxylic acids is 2. The van der Waals surface area contributed by atoms with Gasteiger partial charge < -0.3 is 4.74 Å². The zero-order valence-corrected chi connectivity index (χ0v) is 16.3. The van der Waals surface area contributed by atoms with E-state index in [9.17, 15) is 9.59 Å².